The SMILES string of the molecule is CC1=CC2=NCC(C(=O)c3ccc4cc(C)ccc4c3)CN2C=C1.[O-][Cl+3]([O-])([O-])O. The highest BCUT2D eigenvalue weighted by Gasteiger charge is 2.27. The van der Waals surface area contributed by atoms with E-state index in [1.807, 2.05) is 24.4 Å². The number of ketones is 1. The first kappa shape index (κ1) is 21.2. The van der Waals surface area contributed by atoms with Crippen LogP contribution in [0.15, 0.2) is 65.3 Å². The maximum Gasteiger partial charge on any atom is 0.169 e. The van der Waals surface area contributed by atoms with Crippen molar-refractivity contribution in [2.75, 3.05) is 13.1 Å². The number of hydrogen-bond donors (Lipinski definition) is 1. The number of rotatable bonds is 2. The van der Waals surface area contributed by atoms with Crippen molar-refractivity contribution in [2.24, 2.45) is 10.9 Å². The second-order valence-electron chi connectivity index (χ2n) is 7.08. The number of aliphatic imine (C=N–C) groups is 1. The van der Waals surface area contributed by atoms with Crippen molar-refractivity contribution >= 4 is 22.4 Å². The highest BCUT2D eigenvalue weighted by atomic mass is 35.7. The zero-order valence-corrected chi connectivity index (χ0v) is 16.8. The molecule has 2 aromatic rings. The summed E-state index contributed by atoms with van der Waals surface area (Å²) in [5.74, 6) is 1.06. The van der Waals surface area contributed by atoms with Gasteiger partial charge in [0.25, 0.3) is 0 Å². The van der Waals surface area contributed by atoms with E-state index in [2.05, 4.69) is 54.1 Å². The first-order valence-corrected chi connectivity index (χ1v) is 10.2. The van der Waals surface area contributed by atoms with Crippen LogP contribution in [0.25, 0.3) is 10.8 Å². The monoisotopic (exact) mass is 416 g/mol. The maximum atomic E-state index is 12.9. The lowest BCUT2D eigenvalue weighted by molar-refractivity contribution is -1.92. The molecule has 8 heteroatoms. The van der Waals surface area contributed by atoms with E-state index >= 15 is 0 Å². The van der Waals surface area contributed by atoms with Crippen LogP contribution in [0.4, 0.5) is 0 Å². The van der Waals surface area contributed by atoms with Gasteiger partial charge in [0.1, 0.15) is 5.84 Å². The van der Waals surface area contributed by atoms with Crippen molar-refractivity contribution in [3.05, 3.63) is 71.5 Å². The van der Waals surface area contributed by atoms with Crippen LogP contribution < -0.4 is 14.0 Å². The number of benzene rings is 2. The van der Waals surface area contributed by atoms with Crippen molar-refractivity contribution in [3.63, 3.8) is 0 Å². The molecule has 2 heterocycles. The van der Waals surface area contributed by atoms with Crippen molar-refractivity contribution in [1.82, 2.24) is 4.90 Å². The summed E-state index contributed by atoms with van der Waals surface area (Å²) < 4.78 is 32.7. The number of allylic oxidation sites excluding steroid dienone is 2. The van der Waals surface area contributed by atoms with E-state index in [0.717, 1.165) is 16.8 Å². The summed E-state index contributed by atoms with van der Waals surface area (Å²) >= 11 is 0. The Morgan fingerprint density at radius 3 is 2.52 bits per heavy atom. The van der Waals surface area contributed by atoms with Crippen molar-refractivity contribution < 1.29 is 33.7 Å². The largest absolute Gasteiger partial charge is 0.333 e. The third-order valence-corrected chi connectivity index (χ3v) is 4.71. The lowest BCUT2D eigenvalue weighted by Gasteiger charge is -2.31. The number of hydrogen-bond acceptors (Lipinski definition) is 7. The minimum Gasteiger partial charge on any atom is -0.333 e. The first-order chi connectivity index (χ1) is 13.6. The Labute approximate surface area is 170 Å². The average molecular weight is 417 g/mol. The molecule has 29 heavy (non-hydrogen) atoms. The minimum absolute atomic E-state index is 0.0897. The minimum atomic E-state index is -4.69. The molecule has 0 radical (unpaired) electrons. The molecular formula is C21H21ClN2O5. The summed E-state index contributed by atoms with van der Waals surface area (Å²) in [4.78, 5) is 19.6. The predicted molar refractivity (Wildman–Crippen MR) is 101 cm³/mol. The molecule has 0 saturated carbocycles. The van der Waals surface area contributed by atoms with Gasteiger partial charge in [0.05, 0.1) is 27.4 Å². The molecule has 0 aromatic heterocycles. The van der Waals surface area contributed by atoms with Gasteiger partial charge in [-0.1, -0.05) is 35.9 Å². The molecule has 2 aromatic carbocycles. The highest BCUT2D eigenvalue weighted by molar-refractivity contribution is 6.03. The molecule has 2 aliphatic rings. The van der Waals surface area contributed by atoms with Gasteiger partial charge in [-0.15, -0.1) is 0 Å². The quantitative estimate of drug-likeness (QED) is 0.688. The maximum absolute atomic E-state index is 12.9. The molecule has 0 aliphatic carbocycles. The first-order valence-electron chi connectivity index (χ1n) is 8.95. The molecule has 0 fully saturated rings. The number of nitrogens with zero attached hydrogens (tertiary/aromatic N) is 2. The van der Waals surface area contributed by atoms with E-state index in [1.54, 1.807) is 0 Å². The van der Waals surface area contributed by atoms with Crippen LogP contribution in [0.5, 0.6) is 0 Å². The van der Waals surface area contributed by atoms with Gasteiger partial charge in [0, 0.05) is 18.3 Å². The number of halogens is 1. The standard InChI is InChI=1S/C21H20N2O.ClHO4/c1-14-3-4-17-11-18(6-5-16(17)9-14)21(24)19-12-22-20-10-15(2)7-8-23(20)13-19;2-1(3,4)5/h3-11,19H,12-13H2,1-2H3;(H,2,3,4,5). The summed E-state index contributed by atoms with van der Waals surface area (Å²) in [6.07, 6.45) is 6.15. The Morgan fingerprint density at radius 1 is 1.14 bits per heavy atom. The number of Topliss-reactive ketones (excluding diaryl/α,β-unsaturated/α-hetero) is 1. The molecule has 0 saturated heterocycles. The summed E-state index contributed by atoms with van der Waals surface area (Å²) in [5.41, 5.74) is 3.21. The number of aryl methyl sites for hydroxylation is 1. The van der Waals surface area contributed by atoms with E-state index in [4.69, 9.17) is 18.6 Å². The molecular weight excluding hydrogens is 396 g/mol. The van der Waals surface area contributed by atoms with E-state index in [0.29, 0.717) is 13.1 Å². The molecule has 2 aliphatic heterocycles. The Kier molecular flexibility index (Phi) is 6.16. The number of amidine groups is 1. The smallest absolute Gasteiger partial charge is 0.169 e. The fraction of sp³-hybridized carbons (Fsp3) is 0.238. The van der Waals surface area contributed by atoms with Crippen molar-refractivity contribution in [3.8, 4) is 0 Å². The van der Waals surface area contributed by atoms with E-state index < -0.39 is 10.2 Å². The third kappa shape index (κ3) is 5.72. The summed E-state index contributed by atoms with van der Waals surface area (Å²) in [7, 11) is -4.69. The van der Waals surface area contributed by atoms with Crippen LogP contribution in [-0.4, -0.2) is 34.3 Å². The van der Waals surface area contributed by atoms with Crippen LogP contribution in [0.1, 0.15) is 22.8 Å². The lowest BCUT2D eigenvalue weighted by Crippen LogP contribution is -2.58. The Morgan fingerprint density at radius 2 is 1.79 bits per heavy atom. The molecule has 152 valence electrons. The van der Waals surface area contributed by atoms with Gasteiger partial charge in [0.15, 0.2) is 5.78 Å². The van der Waals surface area contributed by atoms with Crippen LogP contribution in [-0.2, 0) is 0 Å². The molecule has 0 spiro atoms. The topological polar surface area (TPSA) is 122 Å². The van der Waals surface area contributed by atoms with Gasteiger partial charge in [-0.25, -0.2) is 0 Å². The van der Waals surface area contributed by atoms with Gasteiger partial charge in [-0.2, -0.15) is 14.0 Å². The summed E-state index contributed by atoms with van der Waals surface area (Å²) in [6.45, 7) is 5.40. The average Bonchev–Trinajstić information content (AvgIpc) is 2.65. The molecule has 1 N–H and O–H groups in total. The van der Waals surface area contributed by atoms with Gasteiger partial charge < -0.3 is 4.90 Å². The number of fused-ring (bicyclic) bond motifs is 2. The molecule has 1 atom stereocenters. The number of carbonyl (C=O) groups is 1. The van der Waals surface area contributed by atoms with Crippen LogP contribution in [0.3, 0.4) is 0 Å². The highest BCUT2D eigenvalue weighted by Crippen LogP contribution is 2.23. The van der Waals surface area contributed by atoms with Crippen LogP contribution in [0.2, 0.25) is 0 Å². The lowest BCUT2D eigenvalue weighted by atomic mass is 9.93. The van der Waals surface area contributed by atoms with Crippen LogP contribution >= 0.6 is 0 Å². The Balaban J connectivity index is 0.000000431. The summed E-state index contributed by atoms with van der Waals surface area (Å²) in [5, 5.41) is 2.29. The predicted octanol–water partition coefficient (Wildman–Crippen LogP) is 0.0108. The zero-order valence-electron chi connectivity index (χ0n) is 16.0. The van der Waals surface area contributed by atoms with Crippen LogP contribution in [0, 0.1) is 23.1 Å². The third-order valence-electron chi connectivity index (χ3n) is 4.71. The molecule has 4 rings (SSSR count). The second-order valence-corrected chi connectivity index (χ2v) is 7.87. The van der Waals surface area contributed by atoms with E-state index in [-0.39, 0.29) is 11.7 Å². The van der Waals surface area contributed by atoms with E-state index in [9.17, 15) is 4.79 Å². The fourth-order valence-electron chi connectivity index (χ4n) is 3.33. The number of carbonyl (C=O) groups excluding carboxylic acids is 1. The van der Waals surface area contributed by atoms with Gasteiger partial charge in [-0.3, -0.25) is 9.79 Å². The molecule has 0 amide bonds. The van der Waals surface area contributed by atoms with Gasteiger partial charge >= 0.3 is 0 Å². The normalized spacial score (nSPS) is 18.4. The Bertz CT molecular complexity index is 1020. The fourth-order valence-corrected chi connectivity index (χ4v) is 3.33. The Hall–Kier alpha value is -2.55. The molecule has 1 unspecified atom stereocenters. The summed E-state index contributed by atoms with van der Waals surface area (Å²) in [6, 6.07) is 12.3. The zero-order chi connectivity index (χ0) is 21.2. The molecule has 7 nitrogen and oxygen atoms in total. The van der Waals surface area contributed by atoms with Crippen molar-refractivity contribution in [1.29, 1.82) is 0 Å². The van der Waals surface area contributed by atoms with E-state index in [1.165, 1.54) is 16.5 Å². The molecule has 0 bridgehead atoms. The van der Waals surface area contributed by atoms with Gasteiger partial charge in [-0.05, 0) is 48.4 Å². The van der Waals surface area contributed by atoms with Gasteiger partial charge in [0.2, 0.25) is 0 Å². The van der Waals surface area contributed by atoms with Crippen molar-refractivity contribution in [2.45, 2.75) is 13.8 Å². The second kappa shape index (κ2) is 8.44.